The van der Waals surface area contributed by atoms with Gasteiger partial charge in [0, 0.05) is 23.2 Å². The van der Waals surface area contributed by atoms with Crippen molar-refractivity contribution in [1.29, 1.82) is 0 Å². The van der Waals surface area contributed by atoms with E-state index in [1.54, 1.807) is 18.3 Å². The van der Waals surface area contributed by atoms with Gasteiger partial charge in [-0.15, -0.1) is 0 Å². The number of rotatable bonds is 7. The number of hydrogen-bond donors (Lipinski definition) is 5. The van der Waals surface area contributed by atoms with E-state index in [0.29, 0.717) is 5.69 Å². The number of hydrogen-bond acceptors (Lipinski definition) is 5. The van der Waals surface area contributed by atoms with E-state index >= 15 is 0 Å². The Hall–Kier alpha value is -0.930. The minimum atomic E-state index is -4.32. The van der Waals surface area contributed by atoms with E-state index in [4.69, 9.17) is 4.55 Å². The van der Waals surface area contributed by atoms with Gasteiger partial charge >= 0.3 is 0 Å². The van der Waals surface area contributed by atoms with Crippen LogP contribution in [-0.4, -0.2) is 58.8 Å². The molecule has 1 rings (SSSR count). The number of aromatic nitrogens is 1. The molecule has 5 N–H and O–H groups in total. The van der Waals surface area contributed by atoms with Gasteiger partial charge in [0.2, 0.25) is 0 Å². The summed E-state index contributed by atoms with van der Waals surface area (Å²) in [6.07, 6.45) is 1.54. The molecule has 0 spiro atoms. The van der Waals surface area contributed by atoms with E-state index in [-0.39, 0.29) is 0 Å². The maximum Gasteiger partial charge on any atom is 0.265 e. The lowest BCUT2D eigenvalue weighted by Crippen LogP contribution is -2.43. The van der Waals surface area contributed by atoms with E-state index in [1.165, 1.54) is 0 Å². The Kier molecular flexibility index (Phi) is 4.88. The second-order valence-electron chi connectivity index (χ2n) is 4.26. The van der Waals surface area contributed by atoms with Gasteiger partial charge in [0.05, 0.1) is 25.6 Å². The van der Waals surface area contributed by atoms with Gasteiger partial charge in [-0.2, -0.15) is 8.42 Å². The van der Waals surface area contributed by atoms with E-state index in [1.807, 2.05) is 0 Å². The fourth-order valence-electron chi connectivity index (χ4n) is 1.85. The van der Waals surface area contributed by atoms with Crippen molar-refractivity contribution >= 4 is 10.1 Å². The smallest absolute Gasteiger partial charge is 0.265 e. The van der Waals surface area contributed by atoms with Gasteiger partial charge in [0.15, 0.2) is 0 Å². The highest BCUT2D eigenvalue weighted by Crippen LogP contribution is 2.35. The van der Waals surface area contributed by atoms with Crippen molar-refractivity contribution in [1.82, 2.24) is 4.98 Å². The van der Waals surface area contributed by atoms with Gasteiger partial charge in [-0.1, -0.05) is 0 Å². The van der Waals surface area contributed by atoms with E-state index in [0.717, 1.165) is 0 Å². The Morgan fingerprint density at radius 3 is 2.11 bits per heavy atom. The molecule has 0 radical (unpaired) electrons. The third-order valence-electron chi connectivity index (χ3n) is 3.06. The van der Waals surface area contributed by atoms with Crippen LogP contribution < -0.4 is 0 Å². The molecule has 0 saturated heterocycles. The molecular weight excluding hydrogens is 262 g/mol. The summed E-state index contributed by atoms with van der Waals surface area (Å²) in [6, 6.07) is 3.18. The second-order valence-corrected chi connectivity index (χ2v) is 5.76. The van der Waals surface area contributed by atoms with Crippen LogP contribution in [-0.2, 0) is 10.1 Å². The van der Waals surface area contributed by atoms with Gasteiger partial charge in [0.1, 0.15) is 0 Å². The standard InChI is InChI=1S/C10H17NO6S/c12-5-10(6-13,7-14)8(4-18(15,16)17)9-2-1-3-11-9/h1-3,8,11-14H,4-7H2,(H,15,16,17). The molecule has 1 aromatic rings. The Bertz CT molecular complexity index is 442. The van der Waals surface area contributed by atoms with Gasteiger partial charge < -0.3 is 20.3 Å². The number of H-pyrrole nitrogens is 1. The third kappa shape index (κ3) is 3.30. The molecule has 0 aromatic carbocycles. The zero-order valence-corrected chi connectivity index (χ0v) is 10.5. The zero-order valence-electron chi connectivity index (χ0n) is 9.65. The van der Waals surface area contributed by atoms with Gasteiger partial charge in [0.25, 0.3) is 10.1 Å². The van der Waals surface area contributed by atoms with E-state index in [2.05, 4.69) is 4.98 Å². The lowest BCUT2D eigenvalue weighted by atomic mass is 9.76. The normalized spacial score (nSPS) is 14.7. The van der Waals surface area contributed by atoms with Gasteiger partial charge in [-0.25, -0.2) is 0 Å². The average Bonchev–Trinajstić information content (AvgIpc) is 2.82. The van der Waals surface area contributed by atoms with Crippen molar-refractivity contribution in [2.24, 2.45) is 5.41 Å². The van der Waals surface area contributed by atoms with Crippen molar-refractivity contribution in [3.05, 3.63) is 24.0 Å². The number of aliphatic hydroxyl groups excluding tert-OH is 3. The molecule has 1 atom stereocenters. The van der Waals surface area contributed by atoms with E-state index < -0.39 is 47.0 Å². The molecule has 0 bridgehead atoms. The third-order valence-corrected chi connectivity index (χ3v) is 3.81. The summed E-state index contributed by atoms with van der Waals surface area (Å²) in [6.45, 7) is -1.84. The highest BCUT2D eigenvalue weighted by Gasteiger charge is 2.41. The van der Waals surface area contributed by atoms with Crippen LogP contribution in [0.5, 0.6) is 0 Å². The van der Waals surface area contributed by atoms with Crippen LogP contribution in [0.1, 0.15) is 11.6 Å². The molecule has 1 aromatic heterocycles. The molecule has 0 amide bonds. The largest absolute Gasteiger partial charge is 0.396 e. The molecule has 1 unspecified atom stereocenters. The van der Waals surface area contributed by atoms with Crippen LogP contribution in [0.4, 0.5) is 0 Å². The molecule has 0 aliphatic rings. The molecular formula is C10H17NO6S. The minimum Gasteiger partial charge on any atom is -0.396 e. The van der Waals surface area contributed by atoms with Crippen molar-refractivity contribution in [3.8, 4) is 0 Å². The fourth-order valence-corrected chi connectivity index (χ4v) is 2.80. The number of aromatic amines is 1. The van der Waals surface area contributed by atoms with Crippen molar-refractivity contribution in [2.75, 3.05) is 25.6 Å². The lowest BCUT2D eigenvalue weighted by molar-refractivity contribution is -0.0114. The Balaban J connectivity index is 3.19. The van der Waals surface area contributed by atoms with E-state index in [9.17, 15) is 23.7 Å². The maximum absolute atomic E-state index is 11.0. The Morgan fingerprint density at radius 2 is 1.78 bits per heavy atom. The highest BCUT2D eigenvalue weighted by molar-refractivity contribution is 7.85. The molecule has 0 saturated carbocycles. The van der Waals surface area contributed by atoms with Crippen LogP contribution in [0.25, 0.3) is 0 Å². The fraction of sp³-hybridized carbons (Fsp3) is 0.600. The summed E-state index contributed by atoms with van der Waals surface area (Å²) >= 11 is 0. The molecule has 104 valence electrons. The summed E-state index contributed by atoms with van der Waals surface area (Å²) in [5, 5.41) is 28.0. The molecule has 0 fully saturated rings. The van der Waals surface area contributed by atoms with Crippen LogP contribution in [0.15, 0.2) is 18.3 Å². The summed E-state index contributed by atoms with van der Waals surface area (Å²) < 4.78 is 31.0. The number of aliphatic hydroxyl groups is 3. The van der Waals surface area contributed by atoms with Crippen LogP contribution in [0.3, 0.4) is 0 Å². The first-order chi connectivity index (χ1) is 8.38. The zero-order chi connectivity index (χ0) is 13.8. The molecule has 8 heteroatoms. The van der Waals surface area contributed by atoms with Crippen LogP contribution >= 0.6 is 0 Å². The Labute approximate surface area is 105 Å². The maximum atomic E-state index is 11.0. The molecule has 1 heterocycles. The van der Waals surface area contributed by atoms with Crippen molar-refractivity contribution in [2.45, 2.75) is 5.92 Å². The Morgan fingerprint density at radius 1 is 1.22 bits per heavy atom. The summed E-state index contributed by atoms with van der Waals surface area (Å²) in [4.78, 5) is 2.76. The molecule has 7 nitrogen and oxygen atoms in total. The SMILES string of the molecule is O=S(=O)(O)CC(c1ccc[nH]1)C(CO)(CO)CO. The topological polar surface area (TPSA) is 131 Å². The molecule has 18 heavy (non-hydrogen) atoms. The van der Waals surface area contributed by atoms with Crippen LogP contribution in [0, 0.1) is 5.41 Å². The summed E-state index contributed by atoms with van der Waals surface area (Å²) in [7, 11) is -4.32. The van der Waals surface area contributed by atoms with Crippen molar-refractivity contribution in [3.63, 3.8) is 0 Å². The summed E-state index contributed by atoms with van der Waals surface area (Å²) in [5.74, 6) is -1.64. The predicted molar refractivity (Wildman–Crippen MR) is 63.6 cm³/mol. The predicted octanol–water partition coefficient (Wildman–Crippen LogP) is -1.05. The minimum absolute atomic E-state index is 0.407. The first kappa shape index (κ1) is 15.1. The van der Waals surface area contributed by atoms with Gasteiger partial charge in [-0.3, -0.25) is 4.55 Å². The second kappa shape index (κ2) is 5.81. The quantitative estimate of drug-likeness (QED) is 0.405. The molecule has 0 aliphatic heterocycles. The average molecular weight is 279 g/mol. The monoisotopic (exact) mass is 279 g/mol. The lowest BCUT2D eigenvalue weighted by Gasteiger charge is -2.35. The summed E-state index contributed by atoms with van der Waals surface area (Å²) in [5.41, 5.74) is -1.02. The first-order valence-electron chi connectivity index (χ1n) is 5.29. The highest BCUT2D eigenvalue weighted by atomic mass is 32.2. The van der Waals surface area contributed by atoms with Gasteiger partial charge in [-0.05, 0) is 12.1 Å². The first-order valence-corrected chi connectivity index (χ1v) is 6.90. The number of nitrogens with one attached hydrogen (secondary N) is 1. The molecule has 0 aliphatic carbocycles. The van der Waals surface area contributed by atoms with Crippen LogP contribution in [0.2, 0.25) is 0 Å². The van der Waals surface area contributed by atoms with Crippen molar-refractivity contribution < 1.29 is 28.3 Å².